The molecule has 22 heavy (non-hydrogen) atoms. The Morgan fingerprint density at radius 3 is 2.68 bits per heavy atom. The Hall–Kier alpha value is -2.30. The van der Waals surface area contributed by atoms with Crippen LogP contribution >= 0.6 is 0 Å². The number of benzene rings is 1. The van der Waals surface area contributed by atoms with Crippen molar-refractivity contribution in [2.75, 3.05) is 13.6 Å². The van der Waals surface area contributed by atoms with E-state index in [1.165, 1.54) is 0 Å². The highest BCUT2D eigenvalue weighted by Gasteiger charge is 2.07. The maximum Gasteiger partial charge on any atom is 0.191 e. The number of rotatable bonds is 6. The number of aromatic nitrogens is 1. The summed E-state index contributed by atoms with van der Waals surface area (Å²) >= 11 is 0. The Balaban J connectivity index is 1.85. The second kappa shape index (κ2) is 8.22. The molecule has 1 aromatic heterocycles. The summed E-state index contributed by atoms with van der Waals surface area (Å²) in [4.78, 5) is 4.20. The van der Waals surface area contributed by atoms with Gasteiger partial charge in [-0.15, -0.1) is 0 Å². The molecule has 118 valence electrons. The fourth-order valence-electron chi connectivity index (χ4n) is 2.01. The molecule has 0 spiro atoms. The minimum atomic E-state index is 0.581. The zero-order valence-electron chi connectivity index (χ0n) is 13.5. The van der Waals surface area contributed by atoms with Gasteiger partial charge in [0.2, 0.25) is 0 Å². The van der Waals surface area contributed by atoms with Gasteiger partial charge in [-0.25, -0.2) is 0 Å². The summed E-state index contributed by atoms with van der Waals surface area (Å²) in [5.74, 6) is 2.24. The van der Waals surface area contributed by atoms with Crippen LogP contribution in [0.1, 0.15) is 26.0 Å². The molecule has 5 heteroatoms. The zero-order valence-corrected chi connectivity index (χ0v) is 13.5. The van der Waals surface area contributed by atoms with Gasteiger partial charge in [0.1, 0.15) is 5.69 Å². The molecule has 0 atom stereocenters. The van der Waals surface area contributed by atoms with Crippen molar-refractivity contribution in [1.82, 2.24) is 15.8 Å². The van der Waals surface area contributed by atoms with Gasteiger partial charge in [0.15, 0.2) is 11.7 Å². The number of hydrogen-bond acceptors (Lipinski definition) is 3. The van der Waals surface area contributed by atoms with Crippen molar-refractivity contribution in [3.63, 3.8) is 0 Å². The van der Waals surface area contributed by atoms with Gasteiger partial charge in [0.25, 0.3) is 0 Å². The zero-order chi connectivity index (χ0) is 15.8. The minimum Gasteiger partial charge on any atom is -0.356 e. The second-order valence-corrected chi connectivity index (χ2v) is 5.58. The summed E-state index contributed by atoms with van der Waals surface area (Å²) in [5, 5.41) is 10.6. The Labute approximate surface area is 131 Å². The second-order valence-electron chi connectivity index (χ2n) is 5.58. The number of guanidine groups is 1. The van der Waals surface area contributed by atoms with Crippen LogP contribution in [0.4, 0.5) is 0 Å². The van der Waals surface area contributed by atoms with Gasteiger partial charge in [0, 0.05) is 25.2 Å². The van der Waals surface area contributed by atoms with Crippen molar-refractivity contribution < 1.29 is 4.52 Å². The molecule has 0 aliphatic heterocycles. The third-order valence-electron chi connectivity index (χ3n) is 3.29. The van der Waals surface area contributed by atoms with Crippen LogP contribution in [0, 0.1) is 5.92 Å². The van der Waals surface area contributed by atoms with Gasteiger partial charge >= 0.3 is 0 Å². The summed E-state index contributed by atoms with van der Waals surface area (Å²) in [5.41, 5.74) is 1.88. The van der Waals surface area contributed by atoms with Crippen LogP contribution in [0.15, 0.2) is 45.9 Å². The van der Waals surface area contributed by atoms with Crippen LogP contribution < -0.4 is 10.6 Å². The molecule has 0 saturated heterocycles. The summed E-state index contributed by atoms with van der Waals surface area (Å²) in [6.45, 7) is 5.90. The number of nitrogens with one attached hydrogen (secondary N) is 2. The van der Waals surface area contributed by atoms with Crippen molar-refractivity contribution in [1.29, 1.82) is 0 Å². The fraction of sp³-hybridized carbons (Fsp3) is 0.412. The maximum atomic E-state index is 5.38. The average molecular weight is 300 g/mol. The fourth-order valence-corrected chi connectivity index (χ4v) is 2.01. The lowest BCUT2D eigenvalue weighted by atomic mass is 10.1. The molecular formula is C17H24N4O. The molecular weight excluding hydrogens is 276 g/mol. The Bertz CT molecular complexity index is 590. The number of nitrogens with zero attached hydrogens (tertiary/aromatic N) is 2. The van der Waals surface area contributed by atoms with Gasteiger partial charge in [-0.05, 0) is 12.3 Å². The average Bonchev–Trinajstić information content (AvgIpc) is 3.00. The van der Waals surface area contributed by atoms with Gasteiger partial charge < -0.3 is 15.2 Å². The Morgan fingerprint density at radius 2 is 2.00 bits per heavy atom. The largest absolute Gasteiger partial charge is 0.356 e. The normalized spacial score (nSPS) is 11.7. The molecule has 0 unspecified atom stereocenters. The molecule has 5 nitrogen and oxygen atoms in total. The molecule has 0 fully saturated rings. The monoisotopic (exact) mass is 300 g/mol. The number of aliphatic imine (C=N–C) groups is 1. The van der Waals surface area contributed by atoms with E-state index in [9.17, 15) is 0 Å². The first-order chi connectivity index (χ1) is 10.7. The van der Waals surface area contributed by atoms with Crippen molar-refractivity contribution >= 4 is 5.96 Å². The lowest BCUT2D eigenvalue weighted by Crippen LogP contribution is -2.37. The molecule has 0 aliphatic rings. The predicted molar refractivity (Wildman–Crippen MR) is 89.6 cm³/mol. The molecule has 2 rings (SSSR count). The highest BCUT2D eigenvalue weighted by molar-refractivity contribution is 5.79. The molecule has 0 amide bonds. The topological polar surface area (TPSA) is 62.5 Å². The summed E-state index contributed by atoms with van der Waals surface area (Å²) in [7, 11) is 1.77. The molecule has 1 heterocycles. The van der Waals surface area contributed by atoms with Gasteiger partial charge in [0.05, 0.1) is 6.54 Å². The van der Waals surface area contributed by atoms with E-state index >= 15 is 0 Å². The van der Waals surface area contributed by atoms with Crippen molar-refractivity contribution in [3.8, 4) is 11.3 Å². The third kappa shape index (κ3) is 4.91. The third-order valence-corrected chi connectivity index (χ3v) is 3.29. The molecule has 0 aliphatic carbocycles. The van der Waals surface area contributed by atoms with Gasteiger partial charge in [-0.1, -0.05) is 49.3 Å². The smallest absolute Gasteiger partial charge is 0.191 e. The molecule has 0 saturated carbocycles. The quantitative estimate of drug-likeness (QED) is 0.636. The van der Waals surface area contributed by atoms with E-state index in [0.717, 1.165) is 35.9 Å². The van der Waals surface area contributed by atoms with E-state index in [2.05, 4.69) is 34.6 Å². The van der Waals surface area contributed by atoms with E-state index in [4.69, 9.17) is 4.52 Å². The lowest BCUT2D eigenvalue weighted by Gasteiger charge is -2.11. The van der Waals surface area contributed by atoms with Crippen LogP contribution in [0.2, 0.25) is 0 Å². The lowest BCUT2D eigenvalue weighted by molar-refractivity contribution is 0.422. The van der Waals surface area contributed by atoms with E-state index in [1.807, 2.05) is 36.4 Å². The standard InChI is InChI=1S/C17H24N4O/c1-13(2)9-10-19-17(18-3)20-12-15-11-16(22-21-15)14-7-5-4-6-8-14/h4-8,11,13H,9-10,12H2,1-3H3,(H2,18,19,20). The SMILES string of the molecule is CN=C(NCCC(C)C)NCc1cc(-c2ccccc2)on1. The van der Waals surface area contributed by atoms with E-state index in [0.29, 0.717) is 12.5 Å². The molecule has 2 N–H and O–H groups in total. The Morgan fingerprint density at radius 1 is 1.23 bits per heavy atom. The summed E-state index contributed by atoms with van der Waals surface area (Å²) in [6, 6.07) is 11.9. The van der Waals surface area contributed by atoms with Crippen molar-refractivity contribution in [2.45, 2.75) is 26.8 Å². The first-order valence-electron chi connectivity index (χ1n) is 7.64. The van der Waals surface area contributed by atoms with Crippen molar-refractivity contribution in [3.05, 3.63) is 42.1 Å². The van der Waals surface area contributed by atoms with Crippen LogP contribution in [0.5, 0.6) is 0 Å². The summed E-state index contributed by atoms with van der Waals surface area (Å²) < 4.78 is 5.38. The van der Waals surface area contributed by atoms with Gasteiger partial charge in [-0.3, -0.25) is 4.99 Å². The van der Waals surface area contributed by atoms with Gasteiger partial charge in [-0.2, -0.15) is 0 Å². The Kier molecular flexibility index (Phi) is 6.01. The van der Waals surface area contributed by atoms with Crippen LogP contribution in [-0.4, -0.2) is 24.7 Å². The van der Waals surface area contributed by atoms with Crippen LogP contribution in [0.3, 0.4) is 0 Å². The number of hydrogen-bond donors (Lipinski definition) is 2. The van der Waals surface area contributed by atoms with E-state index in [1.54, 1.807) is 7.05 Å². The molecule has 0 radical (unpaired) electrons. The maximum absolute atomic E-state index is 5.38. The van der Waals surface area contributed by atoms with E-state index in [-0.39, 0.29) is 0 Å². The van der Waals surface area contributed by atoms with Crippen LogP contribution in [-0.2, 0) is 6.54 Å². The molecule has 2 aromatic rings. The minimum absolute atomic E-state index is 0.581. The first-order valence-corrected chi connectivity index (χ1v) is 7.64. The first kappa shape index (κ1) is 16.1. The van der Waals surface area contributed by atoms with E-state index < -0.39 is 0 Å². The molecule has 1 aromatic carbocycles. The highest BCUT2D eigenvalue weighted by atomic mass is 16.5. The highest BCUT2D eigenvalue weighted by Crippen LogP contribution is 2.19. The predicted octanol–water partition coefficient (Wildman–Crippen LogP) is 3.05. The van der Waals surface area contributed by atoms with Crippen LogP contribution in [0.25, 0.3) is 11.3 Å². The summed E-state index contributed by atoms with van der Waals surface area (Å²) in [6.07, 6.45) is 1.11. The van der Waals surface area contributed by atoms with Crippen molar-refractivity contribution in [2.24, 2.45) is 10.9 Å². The molecule has 0 bridgehead atoms.